The Morgan fingerprint density at radius 1 is 1.43 bits per heavy atom. The van der Waals surface area contributed by atoms with E-state index in [2.05, 4.69) is 22.4 Å². The predicted molar refractivity (Wildman–Crippen MR) is 86.9 cm³/mol. The van der Waals surface area contributed by atoms with Gasteiger partial charge >= 0.3 is 0 Å². The first-order valence-corrected chi connectivity index (χ1v) is 8.15. The van der Waals surface area contributed by atoms with Crippen LogP contribution in [0.2, 0.25) is 0 Å². The van der Waals surface area contributed by atoms with Crippen molar-refractivity contribution in [3.05, 3.63) is 36.3 Å². The van der Waals surface area contributed by atoms with Crippen molar-refractivity contribution in [1.29, 1.82) is 0 Å². The van der Waals surface area contributed by atoms with Crippen molar-refractivity contribution in [1.82, 2.24) is 20.4 Å². The predicted octanol–water partition coefficient (Wildman–Crippen LogP) is 2.20. The molecule has 1 saturated heterocycles. The van der Waals surface area contributed by atoms with Gasteiger partial charge < -0.3 is 14.7 Å². The van der Waals surface area contributed by atoms with Crippen LogP contribution in [0, 0.1) is 5.92 Å². The summed E-state index contributed by atoms with van der Waals surface area (Å²) in [4.78, 5) is 18.5. The Morgan fingerprint density at radius 3 is 2.96 bits per heavy atom. The van der Waals surface area contributed by atoms with Crippen LogP contribution in [-0.4, -0.2) is 47.1 Å². The lowest BCUT2D eigenvalue weighted by atomic mass is 9.96. The van der Waals surface area contributed by atoms with Gasteiger partial charge in [-0.3, -0.25) is 9.78 Å². The lowest BCUT2D eigenvalue weighted by molar-refractivity contribution is 0.0680. The van der Waals surface area contributed by atoms with Gasteiger partial charge in [-0.1, -0.05) is 12.1 Å². The molecule has 6 nitrogen and oxygen atoms in total. The number of carbonyl (C=O) groups excluding carboxylic acids is 1. The minimum absolute atomic E-state index is 0.0502. The highest BCUT2D eigenvalue weighted by molar-refractivity contribution is 5.93. The Kier molecular flexibility index (Phi) is 5.02. The van der Waals surface area contributed by atoms with Crippen molar-refractivity contribution in [2.24, 2.45) is 5.92 Å². The summed E-state index contributed by atoms with van der Waals surface area (Å²) in [5.41, 5.74) is 1.19. The molecule has 1 fully saturated rings. The molecular formula is C17H22N4O2. The van der Waals surface area contributed by atoms with E-state index < -0.39 is 0 Å². The maximum atomic E-state index is 12.5. The number of aromatic nitrogens is 2. The first-order valence-electron chi connectivity index (χ1n) is 8.15. The van der Waals surface area contributed by atoms with Gasteiger partial charge in [-0.25, -0.2) is 0 Å². The van der Waals surface area contributed by atoms with Crippen molar-refractivity contribution in [3.8, 4) is 11.3 Å². The molecule has 0 atom stereocenters. The van der Waals surface area contributed by atoms with E-state index in [1.807, 2.05) is 17.0 Å². The molecule has 0 spiro atoms. The summed E-state index contributed by atoms with van der Waals surface area (Å²) in [6, 6.07) is 5.41. The number of piperidine rings is 1. The van der Waals surface area contributed by atoms with Crippen LogP contribution in [0.1, 0.15) is 30.3 Å². The first-order chi connectivity index (χ1) is 11.3. The van der Waals surface area contributed by atoms with Crippen molar-refractivity contribution in [2.45, 2.75) is 19.8 Å². The summed E-state index contributed by atoms with van der Waals surface area (Å²) < 4.78 is 5.29. The smallest absolute Gasteiger partial charge is 0.276 e. The van der Waals surface area contributed by atoms with Crippen LogP contribution in [0.3, 0.4) is 0 Å². The number of likely N-dealkylation sites (tertiary alicyclic amines) is 1. The van der Waals surface area contributed by atoms with Crippen LogP contribution < -0.4 is 5.32 Å². The van der Waals surface area contributed by atoms with Crippen LogP contribution in [0.5, 0.6) is 0 Å². The molecule has 0 saturated carbocycles. The molecule has 0 bridgehead atoms. The summed E-state index contributed by atoms with van der Waals surface area (Å²) >= 11 is 0. The van der Waals surface area contributed by atoms with Gasteiger partial charge in [0.05, 0.1) is 0 Å². The zero-order valence-corrected chi connectivity index (χ0v) is 13.4. The highest BCUT2D eigenvalue weighted by atomic mass is 16.5. The highest BCUT2D eigenvalue weighted by Crippen LogP contribution is 2.22. The van der Waals surface area contributed by atoms with Crippen LogP contribution >= 0.6 is 0 Å². The molecule has 0 aliphatic carbocycles. The standard InChI is InChI=1S/C17H22N4O2/c1-2-18-11-13-5-8-21(9-6-13)17(22)15-10-16(23-20-15)14-4-3-7-19-12-14/h3-4,7,10,12-13,18H,2,5-6,8-9,11H2,1H3. The second kappa shape index (κ2) is 7.37. The summed E-state index contributed by atoms with van der Waals surface area (Å²) in [5.74, 6) is 1.18. The van der Waals surface area contributed by atoms with Crippen LogP contribution in [-0.2, 0) is 0 Å². The van der Waals surface area contributed by atoms with E-state index in [-0.39, 0.29) is 5.91 Å². The monoisotopic (exact) mass is 314 g/mol. The Morgan fingerprint density at radius 2 is 2.26 bits per heavy atom. The third-order valence-electron chi connectivity index (χ3n) is 4.26. The topological polar surface area (TPSA) is 71.3 Å². The van der Waals surface area contributed by atoms with Gasteiger partial charge in [0.25, 0.3) is 5.91 Å². The molecule has 2 aromatic rings. The summed E-state index contributed by atoms with van der Waals surface area (Å²) in [6.45, 7) is 5.71. The molecule has 122 valence electrons. The molecule has 3 rings (SSSR count). The maximum absolute atomic E-state index is 12.5. The van der Waals surface area contributed by atoms with Gasteiger partial charge in [0.2, 0.25) is 0 Å². The van der Waals surface area contributed by atoms with Crippen molar-refractivity contribution >= 4 is 5.91 Å². The fourth-order valence-corrected chi connectivity index (χ4v) is 2.87. The lowest BCUT2D eigenvalue weighted by Crippen LogP contribution is -2.40. The molecular weight excluding hydrogens is 292 g/mol. The number of pyridine rings is 1. The maximum Gasteiger partial charge on any atom is 0.276 e. The first kappa shape index (κ1) is 15.7. The van der Waals surface area contributed by atoms with Gasteiger partial charge in [-0.2, -0.15) is 0 Å². The Hall–Kier alpha value is -2.21. The summed E-state index contributed by atoms with van der Waals surface area (Å²) in [6.07, 6.45) is 5.46. The summed E-state index contributed by atoms with van der Waals surface area (Å²) in [7, 11) is 0. The van der Waals surface area contributed by atoms with E-state index in [4.69, 9.17) is 4.52 Å². The number of nitrogens with zero attached hydrogens (tertiary/aromatic N) is 3. The van der Waals surface area contributed by atoms with E-state index in [0.29, 0.717) is 17.4 Å². The fourth-order valence-electron chi connectivity index (χ4n) is 2.87. The van der Waals surface area contributed by atoms with Gasteiger partial charge in [0, 0.05) is 37.1 Å². The Labute approximate surface area is 135 Å². The largest absolute Gasteiger partial charge is 0.355 e. The molecule has 0 aromatic carbocycles. The quantitative estimate of drug-likeness (QED) is 0.916. The molecule has 0 radical (unpaired) electrons. The molecule has 2 aromatic heterocycles. The fraction of sp³-hybridized carbons (Fsp3) is 0.471. The normalized spacial score (nSPS) is 15.8. The Balaban J connectivity index is 1.60. The summed E-state index contributed by atoms with van der Waals surface area (Å²) in [5, 5.41) is 7.31. The lowest BCUT2D eigenvalue weighted by Gasteiger charge is -2.31. The molecule has 1 amide bonds. The number of carbonyl (C=O) groups is 1. The zero-order valence-electron chi connectivity index (χ0n) is 13.4. The number of rotatable bonds is 5. The number of hydrogen-bond donors (Lipinski definition) is 1. The van der Waals surface area contributed by atoms with Gasteiger partial charge in [-0.05, 0) is 44.0 Å². The second-order valence-electron chi connectivity index (χ2n) is 5.86. The van der Waals surface area contributed by atoms with E-state index in [1.165, 1.54) is 0 Å². The zero-order chi connectivity index (χ0) is 16.1. The van der Waals surface area contributed by atoms with Crippen molar-refractivity contribution in [3.63, 3.8) is 0 Å². The van der Waals surface area contributed by atoms with Gasteiger partial charge in [-0.15, -0.1) is 0 Å². The van der Waals surface area contributed by atoms with Gasteiger partial charge in [0.1, 0.15) is 0 Å². The van der Waals surface area contributed by atoms with E-state index >= 15 is 0 Å². The molecule has 23 heavy (non-hydrogen) atoms. The number of nitrogens with one attached hydrogen (secondary N) is 1. The number of hydrogen-bond acceptors (Lipinski definition) is 5. The minimum Gasteiger partial charge on any atom is -0.355 e. The second-order valence-corrected chi connectivity index (χ2v) is 5.86. The van der Waals surface area contributed by atoms with Crippen molar-refractivity contribution < 1.29 is 9.32 Å². The van der Waals surface area contributed by atoms with Gasteiger partial charge in [0.15, 0.2) is 11.5 Å². The van der Waals surface area contributed by atoms with E-state index in [0.717, 1.165) is 44.6 Å². The molecule has 0 unspecified atom stereocenters. The number of amides is 1. The van der Waals surface area contributed by atoms with Crippen molar-refractivity contribution in [2.75, 3.05) is 26.2 Å². The van der Waals surface area contributed by atoms with E-state index in [9.17, 15) is 4.79 Å². The molecule has 1 aliphatic heterocycles. The van der Waals surface area contributed by atoms with E-state index in [1.54, 1.807) is 18.5 Å². The molecule has 1 aliphatic rings. The van der Waals surface area contributed by atoms with Crippen LogP contribution in [0.4, 0.5) is 0 Å². The minimum atomic E-state index is -0.0502. The van der Waals surface area contributed by atoms with Crippen LogP contribution in [0.15, 0.2) is 35.1 Å². The van der Waals surface area contributed by atoms with Crippen LogP contribution in [0.25, 0.3) is 11.3 Å². The third-order valence-corrected chi connectivity index (χ3v) is 4.26. The SMILES string of the molecule is CCNCC1CCN(C(=O)c2cc(-c3cccnc3)on2)CC1. The third kappa shape index (κ3) is 3.76. The Bertz CT molecular complexity index is 633. The molecule has 6 heteroatoms. The average Bonchev–Trinajstić information content (AvgIpc) is 3.11. The highest BCUT2D eigenvalue weighted by Gasteiger charge is 2.25. The average molecular weight is 314 g/mol. The molecule has 1 N–H and O–H groups in total. The molecule has 3 heterocycles.